The molecule has 2 nitrogen and oxygen atoms in total. The first kappa shape index (κ1) is 15.4. The van der Waals surface area contributed by atoms with E-state index < -0.39 is 0 Å². The third kappa shape index (κ3) is 3.76. The van der Waals surface area contributed by atoms with E-state index in [2.05, 4.69) is 26.0 Å². The Morgan fingerprint density at radius 3 is 2.40 bits per heavy atom. The molecule has 20 heavy (non-hydrogen) atoms. The standard InChI is InChI=1S/C18H29NO/c1-13-10-14(2)18(17(11-13)20-3)16(19)12-15-8-6-4-5-7-9-15/h10-11,15-16H,4-9,12,19H2,1-3H3. The molecule has 0 aromatic heterocycles. The van der Waals surface area contributed by atoms with Crippen LogP contribution in [0.5, 0.6) is 5.75 Å². The van der Waals surface area contributed by atoms with E-state index in [9.17, 15) is 0 Å². The number of hydrogen-bond donors (Lipinski definition) is 1. The van der Waals surface area contributed by atoms with Gasteiger partial charge in [-0.05, 0) is 43.4 Å². The van der Waals surface area contributed by atoms with Crippen molar-refractivity contribution in [3.63, 3.8) is 0 Å². The average molecular weight is 275 g/mol. The van der Waals surface area contributed by atoms with E-state index in [0.717, 1.165) is 18.1 Å². The summed E-state index contributed by atoms with van der Waals surface area (Å²) >= 11 is 0. The Morgan fingerprint density at radius 2 is 1.80 bits per heavy atom. The molecule has 0 spiro atoms. The summed E-state index contributed by atoms with van der Waals surface area (Å²) in [6.45, 7) is 4.26. The van der Waals surface area contributed by atoms with E-state index in [1.165, 1.54) is 55.2 Å². The number of nitrogens with two attached hydrogens (primary N) is 1. The number of hydrogen-bond acceptors (Lipinski definition) is 2. The van der Waals surface area contributed by atoms with Crippen LogP contribution in [0.15, 0.2) is 12.1 Å². The highest BCUT2D eigenvalue weighted by molar-refractivity contribution is 5.44. The van der Waals surface area contributed by atoms with Gasteiger partial charge in [0.1, 0.15) is 5.75 Å². The molecule has 0 radical (unpaired) electrons. The summed E-state index contributed by atoms with van der Waals surface area (Å²) < 4.78 is 5.56. The van der Waals surface area contributed by atoms with Crippen LogP contribution in [0.1, 0.15) is 67.7 Å². The Bertz CT molecular complexity index is 433. The quantitative estimate of drug-likeness (QED) is 0.810. The number of methoxy groups -OCH3 is 1. The van der Waals surface area contributed by atoms with Crippen LogP contribution in [0.2, 0.25) is 0 Å². The van der Waals surface area contributed by atoms with Crippen LogP contribution in [0.4, 0.5) is 0 Å². The zero-order chi connectivity index (χ0) is 14.5. The summed E-state index contributed by atoms with van der Waals surface area (Å²) in [5, 5.41) is 0. The molecule has 0 saturated heterocycles. The minimum atomic E-state index is 0.105. The second-order valence-corrected chi connectivity index (χ2v) is 6.40. The zero-order valence-corrected chi connectivity index (χ0v) is 13.2. The smallest absolute Gasteiger partial charge is 0.124 e. The molecule has 0 bridgehead atoms. The second-order valence-electron chi connectivity index (χ2n) is 6.40. The van der Waals surface area contributed by atoms with Gasteiger partial charge in [0.05, 0.1) is 7.11 Å². The molecule has 112 valence electrons. The molecule has 0 aliphatic heterocycles. The van der Waals surface area contributed by atoms with Crippen LogP contribution in [-0.4, -0.2) is 7.11 Å². The van der Waals surface area contributed by atoms with Gasteiger partial charge in [-0.15, -0.1) is 0 Å². The van der Waals surface area contributed by atoms with Gasteiger partial charge >= 0.3 is 0 Å². The van der Waals surface area contributed by atoms with Crippen LogP contribution in [0.3, 0.4) is 0 Å². The van der Waals surface area contributed by atoms with Crippen molar-refractivity contribution in [2.45, 2.75) is 64.8 Å². The maximum absolute atomic E-state index is 6.52. The van der Waals surface area contributed by atoms with Crippen molar-refractivity contribution in [3.8, 4) is 5.75 Å². The van der Waals surface area contributed by atoms with Gasteiger partial charge in [0.2, 0.25) is 0 Å². The van der Waals surface area contributed by atoms with Crippen molar-refractivity contribution in [2.75, 3.05) is 7.11 Å². The Balaban J connectivity index is 2.13. The van der Waals surface area contributed by atoms with Crippen LogP contribution >= 0.6 is 0 Å². The van der Waals surface area contributed by atoms with Gasteiger partial charge in [-0.1, -0.05) is 44.6 Å². The number of rotatable bonds is 4. The Labute approximate surface area is 123 Å². The van der Waals surface area contributed by atoms with E-state index in [1.807, 2.05) is 0 Å². The molecule has 1 aromatic carbocycles. The van der Waals surface area contributed by atoms with Crippen molar-refractivity contribution < 1.29 is 4.74 Å². The van der Waals surface area contributed by atoms with E-state index in [-0.39, 0.29) is 6.04 Å². The van der Waals surface area contributed by atoms with E-state index in [4.69, 9.17) is 10.5 Å². The molecule has 1 unspecified atom stereocenters. The number of benzene rings is 1. The predicted molar refractivity (Wildman–Crippen MR) is 85.2 cm³/mol. The Morgan fingerprint density at radius 1 is 1.15 bits per heavy atom. The van der Waals surface area contributed by atoms with Crippen molar-refractivity contribution in [2.24, 2.45) is 11.7 Å². The van der Waals surface area contributed by atoms with Gasteiger partial charge in [0.15, 0.2) is 0 Å². The topological polar surface area (TPSA) is 35.2 Å². The molecule has 1 saturated carbocycles. The largest absolute Gasteiger partial charge is 0.496 e. The predicted octanol–water partition coefficient (Wildman–Crippen LogP) is 4.67. The van der Waals surface area contributed by atoms with E-state index >= 15 is 0 Å². The fourth-order valence-corrected chi connectivity index (χ4v) is 3.66. The van der Waals surface area contributed by atoms with E-state index in [1.54, 1.807) is 7.11 Å². The molecule has 2 N–H and O–H groups in total. The van der Waals surface area contributed by atoms with Crippen LogP contribution in [-0.2, 0) is 0 Å². The van der Waals surface area contributed by atoms with Crippen LogP contribution in [0.25, 0.3) is 0 Å². The van der Waals surface area contributed by atoms with Crippen molar-refractivity contribution in [1.29, 1.82) is 0 Å². The normalized spacial score (nSPS) is 18.6. The lowest BCUT2D eigenvalue weighted by Crippen LogP contribution is -2.17. The molecular weight excluding hydrogens is 246 g/mol. The molecule has 1 atom stereocenters. The monoisotopic (exact) mass is 275 g/mol. The van der Waals surface area contributed by atoms with Gasteiger partial charge in [-0.25, -0.2) is 0 Å². The molecule has 2 heteroatoms. The van der Waals surface area contributed by atoms with Gasteiger partial charge in [0, 0.05) is 11.6 Å². The first-order valence-corrected chi connectivity index (χ1v) is 8.02. The summed E-state index contributed by atoms with van der Waals surface area (Å²) in [5.41, 5.74) is 10.2. The van der Waals surface area contributed by atoms with Gasteiger partial charge < -0.3 is 10.5 Å². The highest BCUT2D eigenvalue weighted by Gasteiger charge is 2.20. The SMILES string of the molecule is COc1cc(C)cc(C)c1C(N)CC1CCCCCC1. The third-order valence-corrected chi connectivity index (χ3v) is 4.65. The maximum Gasteiger partial charge on any atom is 0.124 e. The summed E-state index contributed by atoms with van der Waals surface area (Å²) in [5.74, 6) is 1.75. The number of aryl methyl sites for hydroxylation is 2. The van der Waals surface area contributed by atoms with Crippen molar-refractivity contribution >= 4 is 0 Å². The highest BCUT2D eigenvalue weighted by atomic mass is 16.5. The molecular formula is C18H29NO. The molecule has 2 rings (SSSR count). The number of ether oxygens (including phenoxy) is 1. The molecule has 0 heterocycles. The average Bonchev–Trinajstić information content (AvgIpc) is 2.66. The first-order valence-electron chi connectivity index (χ1n) is 8.02. The molecule has 1 fully saturated rings. The fourth-order valence-electron chi connectivity index (χ4n) is 3.66. The molecule has 1 aliphatic rings. The summed E-state index contributed by atoms with van der Waals surface area (Å²) in [6.07, 6.45) is 9.35. The van der Waals surface area contributed by atoms with Gasteiger partial charge in [0.25, 0.3) is 0 Å². The van der Waals surface area contributed by atoms with Crippen molar-refractivity contribution in [1.82, 2.24) is 0 Å². The lowest BCUT2D eigenvalue weighted by molar-refractivity contribution is 0.372. The third-order valence-electron chi connectivity index (χ3n) is 4.65. The fraction of sp³-hybridized carbons (Fsp3) is 0.667. The molecule has 1 aliphatic carbocycles. The summed E-state index contributed by atoms with van der Waals surface area (Å²) in [4.78, 5) is 0. The minimum absolute atomic E-state index is 0.105. The minimum Gasteiger partial charge on any atom is -0.496 e. The van der Waals surface area contributed by atoms with Crippen molar-refractivity contribution in [3.05, 3.63) is 28.8 Å². The lowest BCUT2D eigenvalue weighted by Gasteiger charge is -2.23. The maximum atomic E-state index is 6.52. The first-order chi connectivity index (χ1) is 9.61. The summed E-state index contributed by atoms with van der Waals surface area (Å²) in [7, 11) is 1.75. The Hall–Kier alpha value is -1.02. The summed E-state index contributed by atoms with van der Waals surface area (Å²) in [6, 6.07) is 4.42. The van der Waals surface area contributed by atoms with Crippen LogP contribution < -0.4 is 10.5 Å². The lowest BCUT2D eigenvalue weighted by atomic mass is 9.87. The highest BCUT2D eigenvalue weighted by Crippen LogP contribution is 2.35. The van der Waals surface area contributed by atoms with Gasteiger partial charge in [-0.2, -0.15) is 0 Å². The van der Waals surface area contributed by atoms with E-state index in [0.29, 0.717) is 0 Å². The second kappa shape index (κ2) is 7.12. The molecule has 0 amide bonds. The Kier molecular flexibility index (Phi) is 5.47. The van der Waals surface area contributed by atoms with Crippen LogP contribution in [0, 0.1) is 19.8 Å². The van der Waals surface area contributed by atoms with Gasteiger partial charge in [-0.3, -0.25) is 0 Å². The molecule has 1 aromatic rings. The zero-order valence-electron chi connectivity index (χ0n) is 13.2.